The SMILES string of the molecule is C=C/C(=C\C)c1ccc(CC(C)NC(=C)CC(CCC)CCC(C)C(=C)CCc2ccc(C)cc2)cc1.CC.CC.CCC. The van der Waals surface area contributed by atoms with E-state index < -0.39 is 0 Å². The van der Waals surface area contributed by atoms with Gasteiger partial charge in [0.15, 0.2) is 0 Å². The zero-order valence-electron chi connectivity index (χ0n) is 31.0. The molecule has 44 heavy (non-hydrogen) atoms. The Morgan fingerprint density at radius 1 is 0.818 bits per heavy atom. The summed E-state index contributed by atoms with van der Waals surface area (Å²) in [6.07, 6.45) is 14.4. The van der Waals surface area contributed by atoms with Gasteiger partial charge in [-0.2, -0.15) is 0 Å². The van der Waals surface area contributed by atoms with Crippen LogP contribution in [-0.4, -0.2) is 6.04 Å². The van der Waals surface area contributed by atoms with Crippen LogP contribution in [0.3, 0.4) is 0 Å². The Kier molecular flexibility index (Phi) is 27.3. The minimum atomic E-state index is 0.363. The number of rotatable bonds is 17. The second-order valence-corrected chi connectivity index (χ2v) is 11.7. The zero-order chi connectivity index (χ0) is 33.9. The maximum absolute atomic E-state index is 4.44. The Labute approximate surface area is 276 Å². The summed E-state index contributed by atoms with van der Waals surface area (Å²) in [5.74, 6) is 1.25. The molecule has 248 valence electrons. The highest BCUT2D eigenvalue weighted by Crippen LogP contribution is 2.27. The smallest absolute Gasteiger partial charge is 0.0270 e. The van der Waals surface area contributed by atoms with Crippen molar-refractivity contribution in [3.8, 4) is 0 Å². The summed E-state index contributed by atoms with van der Waals surface area (Å²) in [4.78, 5) is 0. The quantitative estimate of drug-likeness (QED) is 0.140. The maximum atomic E-state index is 4.44. The van der Waals surface area contributed by atoms with E-state index in [0.717, 1.165) is 25.7 Å². The molecule has 0 heterocycles. The highest BCUT2D eigenvalue weighted by atomic mass is 14.9. The molecule has 2 aromatic carbocycles. The number of allylic oxidation sites excluding steroid dienone is 5. The van der Waals surface area contributed by atoms with Gasteiger partial charge in [-0.15, -0.1) is 0 Å². The van der Waals surface area contributed by atoms with E-state index in [1.807, 2.05) is 33.8 Å². The number of aryl methyl sites for hydroxylation is 2. The Bertz CT molecular complexity index is 1020. The average Bonchev–Trinajstić information content (AvgIpc) is 3.03. The van der Waals surface area contributed by atoms with Crippen molar-refractivity contribution >= 4 is 5.57 Å². The molecule has 0 fully saturated rings. The van der Waals surface area contributed by atoms with Gasteiger partial charge in [-0.25, -0.2) is 0 Å². The first-order chi connectivity index (χ1) is 21.2. The van der Waals surface area contributed by atoms with Crippen LogP contribution in [0.5, 0.6) is 0 Å². The molecule has 3 unspecified atom stereocenters. The number of nitrogens with one attached hydrogen (secondary N) is 1. The predicted octanol–water partition coefficient (Wildman–Crippen LogP) is 13.5. The number of benzene rings is 2. The minimum absolute atomic E-state index is 0.363. The van der Waals surface area contributed by atoms with Gasteiger partial charge in [0.2, 0.25) is 0 Å². The van der Waals surface area contributed by atoms with Crippen molar-refractivity contribution in [3.05, 3.63) is 114 Å². The van der Waals surface area contributed by atoms with Gasteiger partial charge in [0.1, 0.15) is 0 Å². The van der Waals surface area contributed by atoms with Gasteiger partial charge in [-0.3, -0.25) is 0 Å². The van der Waals surface area contributed by atoms with Crippen molar-refractivity contribution in [3.63, 3.8) is 0 Å². The molecular weight excluding hydrogens is 530 g/mol. The third kappa shape index (κ3) is 19.5. The number of hydrogen-bond acceptors (Lipinski definition) is 1. The molecule has 1 nitrogen and oxygen atoms in total. The van der Waals surface area contributed by atoms with E-state index in [1.54, 1.807) is 0 Å². The van der Waals surface area contributed by atoms with Crippen LogP contribution in [0.25, 0.3) is 5.57 Å². The molecule has 0 amide bonds. The first kappa shape index (κ1) is 43.3. The summed E-state index contributed by atoms with van der Waals surface area (Å²) in [5, 5.41) is 3.69. The monoisotopic (exact) mass is 602 g/mol. The summed E-state index contributed by atoms with van der Waals surface area (Å²) in [7, 11) is 0. The average molecular weight is 602 g/mol. The van der Waals surface area contributed by atoms with E-state index >= 15 is 0 Å². The molecular formula is C43H71N. The predicted molar refractivity (Wildman–Crippen MR) is 204 cm³/mol. The highest BCUT2D eigenvalue weighted by Gasteiger charge is 2.15. The lowest BCUT2D eigenvalue weighted by Crippen LogP contribution is -2.28. The van der Waals surface area contributed by atoms with Crippen molar-refractivity contribution < 1.29 is 0 Å². The van der Waals surface area contributed by atoms with Gasteiger partial charge in [-0.1, -0.05) is 166 Å². The Hall–Kier alpha value is -2.80. The summed E-state index contributed by atoms with van der Waals surface area (Å²) < 4.78 is 0. The molecule has 0 spiro atoms. The van der Waals surface area contributed by atoms with Crippen LogP contribution < -0.4 is 5.32 Å². The Balaban J connectivity index is 0. The Morgan fingerprint density at radius 3 is 1.86 bits per heavy atom. The van der Waals surface area contributed by atoms with Crippen LogP contribution in [0.2, 0.25) is 0 Å². The van der Waals surface area contributed by atoms with Crippen molar-refractivity contribution in [1.29, 1.82) is 0 Å². The first-order valence-electron chi connectivity index (χ1n) is 17.7. The molecule has 0 bridgehead atoms. The standard InChI is InChI=1S/C36H51N.C3H8.2C2H6/c1-9-12-33(20-16-29(6)28(5)15-19-32-17-13-27(4)14-18-32)25-30(7)37-31(8)26-34-21-23-36(24-22-34)35(10-2)11-3;1-3-2;2*1-2/h10-11,13-14,17-18,21-24,29,31,33,37H,2,5,7,9,12,15-16,19-20,25-26H2,1,3-4,6,8H3;3H2,1-2H3;2*1-2H3/b35-11+;;;. The lowest BCUT2D eigenvalue weighted by molar-refractivity contribution is 0.388. The molecule has 3 atom stereocenters. The van der Waals surface area contributed by atoms with E-state index in [1.165, 1.54) is 71.2 Å². The zero-order valence-corrected chi connectivity index (χ0v) is 31.0. The van der Waals surface area contributed by atoms with Crippen molar-refractivity contribution in [2.75, 3.05) is 0 Å². The molecule has 1 heteroatoms. The van der Waals surface area contributed by atoms with Crippen LogP contribution >= 0.6 is 0 Å². The van der Waals surface area contributed by atoms with Crippen LogP contribution in [-0.2, 0) is 12.8 Å². The van der Waals surface area contributed by atoms with Gasteiger partial charge in [0, 0.05) is 11.7 Å². The molecule has 0 aromatic heterocycles. The second kappa shape index (κ2) is 27.7. The third-order valence-corrected chi connectivity index (χ3v) is 7.60. The van der Waals surface area contributed by atoms with Crippen LogP contribution in [0, 0.1) is 18.8 Å². The number of hydrogen-bond donors (Lipinski definition) is 1. The molecule has 2 rings (SSSR count). The van der Waals surface area contributed by atoms with Crippen LogP contribution in [0.4, 0.5) is 0 Å². The fourth-order valence-corrected chi connectivity index (χ4v) is 5.15. The molecule has 0 saturated heterocycles. The summed E-state index contributed by atoms with van der Waals surface area (Å²) >= 11 is 0. The lowest BCUT2D eigenvalue weighted by Gasteiger charge is -2.24. The van der Waals surface area contributed by atoms with Gasteiger partial charge in [0.25, 0.3) is 0 Å². The Morgan fingerprint density at radius 2 is 1.36 bits per heavy atom. The minimum Gasteiger partial charge on any atom is -0.386 e. The fraction of sp³-hybridized carbons (Fsp3) is 0.535. The molecule has 0 aliphatic carbocycles. The van der Waals surface area contributed by atoms with Gasteiger partial charge in [-0.05, 0) is 93.4 Å². The second-order valence-electron chi connectivity index (χ2n) is 11.7. The lowest BCUT2D eigenvalue weighted by atomic mass is 9.86. The first-order valence-corrected chi connectivity index (χ1v) is 17.7. The van der Waals surface area contributed by atoms with Gasteiger partial charge in [0.05, 0.1) is 0 Å². The van der Waals surface area contributed by atoms with E-state index in [4.69, 9.17) is 0 Å². The largest absolute Gasteiger partial charge is 0.386 e. The third-order valence-electron chi connectivity index (χ3n) is 7.60. The van der Waals surface area contributed by atoms with Crippen LogP contribution in [0.1, 0.15) is 136 Å². The topological polar surface area (TPSA) is 12.0 Å². The van der Waals surface area contributed by atoms with Crippen LogP contribution in [0.15, 0.2) is 91.7 Å². The molecule has 1 N–H and O–H groups in total. The van der Waals surface area contributed by atoms with Crippen molar-refractivity contribution in [2.45, 2.75) is 140 Å². The molecule has 0 aliphatic rings. The van der Waals surface area contributed by atoms with Gasteiger partial charge >= 0.3 is 0 Å². The molecule has 0 saturated carbocycles. The normalized spacial score (nSPS) is 12.5. The van der Waals surface area contributed by atoms with E-state index in [9.17, 15) is 0 Å². The summed E-state index contributed by atoms with van der Waals surface area (Å²) in [6, 6.07) is 18.1. The van der Waals surface area contributed by atoms with Crippen molar-refractivity contribution in [1.82, 2.24) is 5.32 Å². The highest BCUT2D eigenvalue weighted by molar-refractivity contribution is 5.73. The molecule has 0 aliphatic heterocycles. The summed E-state index contributed by atoms with van der Waals surface area (Å²) in [5.41, 5.74) is 9.05. The fourth-order valence-electron chi connectivity index (χ4n) is 5.15. The van der Waals surface area contributed by atoms with Crippen molar-refractivity contribution in [2.24, 2.45) is 11.8 Å². The summed E-state index contributed by atoms with van der Waals surface area (Å²) in [6.45, 7) is 36.1. The van der Waals surface area contributed by atoms with E-state index in [-0.39, 0.29) is 0 Å². The van der Waals surface area contributed by atoms with Gasteiger partial charge < -0.3 is 5.32 Å². The molecule has 0 radical (unpaired) electrons. The van der Waals surface area contributed by atoms with E-state index in [0.29, 0.717) is 17.9 Å². The maximum Gasteiger partial charge on any atom is 0.0270 e. The van der Waals surface area contributed by atoms with E-state index in [2.05, 4.69) is 128 Å². The molecule has 2 aromatic rings.